The lowest BCUT2D eigenvalue weighted by molar-refractivity contribution is 0.0626. The van der Waals surface area contributed by atoms with Crippen LogP contribution in [0.25, 0.3) is 16.0 Å². The molecule has 1 fully saturated rings. The molecule has 0 bridgehead atoms. The van der Waals surface area contributed by atoms with E-state index in [4.69, 9.17) is 9.84 Å². The first-order chi connectivity index (χ1) is 15.4. The molecule has 1 aromatic carbocycles. The van der Waals surface area contributed by atoms with Crippen LogP contribution in [0.2, 0.25) is 0 Å². The van der Waals surface area contributed by atoms with Crippen molar-refractivity contribution in [3.8, 4) is 0 Å². The number of fused-ring (bicyclic) bond motifs is 1. The zero-order valence-electron chi connectivity index (χ0n) is 18.0. The minimum absolute atomic E-state index is 0.0199. The second-order valence-electron chi connectivity index (χ2n) is 7.73. The number of allylic oxidation sites excluding steroid dienone is 1. The molecule has 10 heteroatoms. The van der Waals surface area contributed by atoms with E-state index < -0.39 is 0 Å². The number of aromatic nitrogens is 3. The Bertz CT molecular complexity index is 1170. The second kappa shape index (κ2) is 9.19. The highest BCUT2D eigenvalue weighted by molar-refractivity contribution is 7.22. The summed E-state index contributed by atoms with van der Waals surface area (Å²) in [6, 6.07) is 6.68. The molecule has 0 unspecified atom stereocenters. The summed E-state index contributed by atoms with van der Waals surface area (Å²) in [5.41, 5.74) is 2.57. The number of hydrogen-bond donors (Lipinski definition) is 2. The van der Waals surface area contributed by atoms with Crippen LogP contribution in [0, 0.1) is 0 Å². The number of benzene rings is 1. The number of anilines is 1. The van der Waals surface area contributed by atoms with E-state index in [1.54, 1.807) is 43.2 Å². The van der Waals surface area contributed by atoms with Crippen molar-refractivity contribution in [2.45, 2.75) is 32.4 Å². The summed E-state index contributed by atoms with van der Waals surface area (Å²) < 4.78 is 7.41. The smallest absolute Gasteiger partial charge is 0.276 e. The number of hydrogen-bond acceptors (Lipinski definition) is 7. The lowest BCUT2D eigenvalue weighted by Crippen LogP contribution is -2.38. The fourth-order valence-electron chi connectivity index (χ4n) is 3.80. The summed E-state index contributed by atoms with van der Waals surface area (Å²) in [7, 11) is 1.63. The summed E-state index contributed by atoms with van der Waals surface area (Å²) in [5.74, 6) is -0.496. The summed E-state index contributed by atoms with van der Waals surface area (Å²) in [5, 5.41) is 16.8. The molecule has 2 aromatic heterocycles. The van der Waals surface area contributed by atoms with Gasteiger partial charge in [-0.25, -0.2) is 4.68 Å². The van der Waals surface area contributed by atoms with E-state index in [9.17, 15) is 9.59 Å². The van der Waals surface area contributed by atoms with Crippen LogP contribution in [-0.4, -0.2) is 62.9 Å². The predicted octanol–water partition coefficient (Wildman–Crippen LogP) is 2.98. The zero-order chi connectivity index (χ0) is 22.8. The van der Waals surface area contributed by atoms with Crippen LogP contribution >= 0.6 is 11.3 Å². The minimum atomic E-state index is -0.326. The standard InChI is InChI=1S/C22H25N5O4S/c1-13(2)27-19-18(17(25-27)21(30)26-10-4-5-16(26)12-31-3)32-22(23-19)24-20(29)15-8-6-14(11-28)7-9-15/h6-9,16,28H,1,4-5,10-12H2,2-3H3,(H,23,24,29)/t16-/m0/s1. The van der Waals surface area contributed by atoms with Gasteiger partial charge >= 0.3 is 0 Å². The summed E-state index contributed by atoms with van der Waals surface area (Å²) in [6.45, 7) is 6.77. The van der Waals surface area contributed by atoms with Crippen molar-refractivity contribution in [1.29, 1.82) is 0 Å². The molecule has 32 heavy (non-hydrogen) atoms. The number of thiazole rings is 1. The van der Waals surface area contributed by atoms with E-state index in [1.807, 2.05) is 0 Å². The Morgan fingerprint density at radius 3 is 2.75 bits per heavy atom. The van der Waals surface area contributed by atoms with Crippen LogP contribution in [0.3, 0.4) is 0 Å². The number of likely N-dealkylation sites (tertiary alicyclic amines) is 1. The molecule has 1 saturated heterocycles. The van der Waals surface area contributed by atoms with E-state index >= 15 is 0 Å². The van der Waals surface area contributed by atoms with Crippen molar-refractivity contribution in [1.82, 2.24) is 19.7 Å². The highest BCUT2D eigenvalue weighted by Gasteiger charge is 2.33. The van der Waals surface area contributed by atoms with Crippen molar-refractivity contribution in [2.75, 3.05) is 25.6 Å². The number of aliphatic hydroxyl groups excluding tert-OH is 1. The van der Waals surface area contributed by atoms with E-state index in [0.717, 1.165) is 18.4 Å². The first-order valence-corrected chi connectivity index (χ1v) is 11.1. The van der Waals surface area contributed by atoms with Crippen LogP contribution in [-0.2, 0) is 11.3 Å². The number of carbonyl (C=O) groups is 2. The van der Waals surface area contributed by atoms with Gasteiger partial charge in [-0.15, -0.1) is 0 Å². The Hall–Kier alpha value is -3.08. The molecule has 9 nitrogen and oxygen atoms in total. The van der Waals surface area contributed by atoms with Gasteiger partial charge in [0.2, 0.25) is 0 Å². The van der Waals surface area contributed by atoms with Crippen molar-refractivity contribution >= 4 is 44.3 Å². The molecule has 1 atom stereocenters. The SMILES string of the molecule is C=C(C)n1nc(C(=O)N2CCC[C@H]2COC)c2sc(NC(=O)c3ccc(CO)cc3)nc21. The fraction of sp³-hybridized carbons (Fsp3) is 0.364. The number of nitrogens with zero attached hydrogens (tertiary/aromatic N) is 4. The number of amides is 2. The monoisotopic (exact) mass is 455 g/mol. The number of ether oxygens (including phenoxy) is 1. The van der Waals surface area contributed by atoms with E-state index in [0.29, 0.717) is 45.6 Å². The van der Waals surface area contributed by atoms with Crippen LogP contribution in [0.15, 0.2) is 30.8 Å². The fourth-order valence-corrected chi connectivity index (χ4v) is 4.72. The Morgan fingerprint density at radius 1 is 1.34 bits per heavy atom. The maximum atomic E-state index is 13.3. The zero-order valence-corrected chi connectivity index (χ0v) is 18.8. The van der Waals surface area contributed by atoms with E-state index in [1.165, 1.54) is 16.0 Å². The molecular formula is C22H25N5O4S. The molecular weight excluding hydrogens is 430 g/mol. The summed E-state index contributed by atoms with van der Waals surface area (Å²) in [4.78, 5) is 32.3. The second-order valence-corrected chi connectivity index (χ2v) is 8.73. The quantitative estimate of drug-likeness (QED) is 0.567. The van der Waals surface area contributed by atoms with Gasteiger partial charge in [-0.2, -0.15) is 10.1 Å². The van der Waals surface area contributed by atoms with Gasteiger partial charge in [0.15, 0.2) is 16.5 Å². The first kappa shape index (κ1) is 22.1. The average Bonchev–Trinajstić information content (AvgIpc) is 3.48. The number of rotatable bonds is 7. The molecule has 0 radical (unpaired) electrons. The van der Waals surface area contributed by atoms with Crippen LogP contribution in [0.4, 0.5) is 5.13 Å². The third-order valence-electron chi connectivity index (χ3n) is 5.41. The predicted molar refractivity (Wildman–Crippen MR) is 123 cm³/mol. The largest absolute Gasteiger partial charge is 0.392 e. The van der Waals surface area contributed by atoms with Gasteiger partial charge in [-0.1, -0.05) is 30.0 Å². The number of nitrogens with one attached hydrogen (secondary N) is 1. The first-order valence-electron chi connectivity index (χ1n) is 10.3. The topological polar surface area (TPSA) is 110 Å². The number of carbonyl (C=O) groups excluding carboxylic acids is 2. The van der Waals surface area contributed by atoms with Crippen molar-refractivity contribution in [3.05, 3.63) is 47.7 Å². The molecule has 3 heterocycles. The third kappa shape index (κ3) is 4.16. The van der Waals surface area contributed by atoms with Gasteiger partial charge in [0.1, 0.15) is 4.70 Å². The van der Waals surface area contributed by atoms with Crippen LogP contribution in [0.1, 0.15) is 46.2 Å². The molecule has 1 aliphatic rings. The molecule has 3 aromatic rings. The normalized spacial score (nSPS) is 16.0. The Balaban J connectivity index is 1.64. The van der Waals surface area contributed by atoms with E-state index in [-0.39, 0.29) is 24.5 Å². The molecule has 4 rings (SSSR count). The van der Waals surface area contributed by atoms with Crippen LogP contribution in [0.5, 0.6) is 0 Å². The van der Waals surface area contributed by atoms with E-state index in [2.05, 4.69) is 22.0 Å². The molecule has 168 valence electrons. The van der Waals surface area contributed by atoms with Gasteiger partial charge in [0.05, 0.1) is 19.3 Å². The van der Waals surface area contributed by atoms with Gasteiger partial charge in [0, 0.05) is 24.9 Å². The van der Waals surface area contributed by atoms with Gasteiger partial charge < -0.3 is 14.7 Å². The highest BCUT2D eigenvalue weighted by Crippen LogP contribution is 2.32. The van der Waals surface area contributed by atoms with Crippen molar-refractivity contribution in [2.24, 2.45) is 0 Å². The molecule has 2 N–H and O–H groups in total. The minimum Gasteiger partial charge on any atom is -0.392 e. The molecule has 1 aliphatic heterocycles. The summed E-state index contributed by atoms with van der Waals surface area (Å²) >= 11 is 1.21. The Kier molecular flexibility index (Phi) is 6.35. The molecule has 0 saturated carbocycles. The molecule has 2 amide bonds. The van der Waals surface area contributed by atoms with Crippen molar-refractivity contribution < 1.29 is 19.4 Å². The Morgan fingerprint density at radius 2 is 2.09 bits per heavy atom. The lowest BCUT2D eigenvalue weighted by Gasteiger charge is -2.23. The maximum Gasteiger partial charge on any atom is 0.276 e. The Labute approximate surface area is 189 Å². The van der Waals surface area contributed by atoms with Gasteiger partial charge in [-0.05, 0) is 37.5 Å². The van der Waals surface area contributed by atoms with Gasteiger partial charge in [-0.3, -0.25) is 14.9 Å². The number of methoxy groups -OCH3 is 1. The highest BCUT2D eigenvalue weighted by atomic mass is 32.1. The average molecular weight is 456 g/mol. The van der Waals surface area contributed by atoms with Crippen LogP contribution < -0.4 is 5.32 Å². The summed E-state index contributed by atoms with van der Waals surface area (Å²) in [6.07, 6.45) is 1.81. The van der Waals surface area contributed by atoms with Gasteiger partial charge in [0.25, 0.3) is 11.8 Å². The number of aliphatic hydroxyl groups is 1. The molecule has 0 aliphatic carbocycles. The maximum absolute atomic E-state index is 13.3. The lowest BCUT2D eigenvalue weighted by atomic mass is 10.1. The molecule has 0 spiro atoms. The van der Waals surface area contributed by atoms with Crippen molar-refractivity contribution in [3.63, 3.8) is 0 Å². The third-order valence-corrected chi connectivity index (χ3v) is 6.37.